The van der Waals surface area contributed by atoms with Crippen LogP contribution in [0.15, 0.2) is 18.2 Å². The second-order valence-corrected chi connectivity index (χ2v) is 5.27. The Labute approximate surface area is 118 Å². The summed E-state index contributed by atoms with van der Waals surface area (Å²) in [7, 11) is 0. The largest absolute Gasteiger partial charge is 0.493 e. The molecule has 0 aliphatic carbocycles. The molecule has 110 valence electrons. The standard InChI is InChI=1S/C15H21NO4/c1-10-6-5-7-12(11(10)2)20-9-8-13(17)16-15(3,4)14(18)19/h5-7H,8-9H2,1-4H3,(H,16,17)(H,18,19). The van der Waals surface area contributed by atoms with Crippen LogP contribution in [0.2, 0.25) is 0 Å². The number of carbonyl (C=O) groups excluding carboxylic acids is 1. The molecule has 0 bridgehead atoms. The lowest BCUT2D eigenvalue weighted by molar-refractivity contribution is -0.146. The number of carboxylic acids is 1. The third kappa shape index (κ3) is 4.26. The fourth-order valence-corrected chi connectivity index (χ4v) is 1.60. The number of hydrogen-bond acceptors (Lipinski definition) is 3. The van der Waals surface area contributed by atoms with Crippen LogP contribution in [0.3, 0.4) is 0 Å². The number of aryl methyl sites for hydroxylation is 1. The summed E-state index contributed by atoms with van der Waals surface area (Å²) in [5.41, 5.74) is 0.897. The minimum absolute atomic E-state index is 0.115. The molecule has 20 heavy (non-hydrogen) atoms. The van der Waals surface area contributed by atoms with E-state index in [4.69, 9.17) is 9.84 Å². The zero-order chi connectivity index (χ0) is 15.3. The topological polar surface area (TPSA) is 75.6 Å². The average Bonchev–Trinajstić information content (AvgIpc) is 2.33. The van der Waals surface area contributed by atoms with Crippen molar-refractivity contribution in [2.24, 2.45) is 0 Å². The van der Waals surface area contributed by atoms with Crippen molar-refractivity contribution in [2.75, 3.05) is 6.61 Å². The number of amides is 1. The van der Waals surface area contributed by atoms with Crippen molar-refractivity contribution in [1.82, 2.24) is 5.32 Å². The van der Waals surface area contributed by atoms with E-state index in [1.807, 2.05) is 32.0 Å². The lowest BCUT2D eigenvalue weighted by Crippen LogP contribution is -2.49. The molecular weight excluding hydrogens is 258 g/mol. The highest BCUT2D eigenvalue weighted by Gasteiger charge is 2.28. The number of ether oxygens (including phenoxy) is 1. The van der Waals surface area contributed by atoms with Crippen LogP contribution in [0, 0.1) is 13.8 Å². The van der Waals surface area contributed by atoms with E-state index in [9.17, 15) is 9.59 Å². The normalized spacial score (nSPS) is 11.0. The van der Waals surface area contributed by atoms with Gasteiger partial charge in [0.15, 0.2) is 0 Å². The van der Waals surface area contributed by atoms with E-state index >= 15 is 0 Å². The summed E-state index contributed by atoms with van der Waals surface area (Å²) in [4.78, 5) is 22.5. The van der Waals surface area contributed by atoms with Gasteiger partial charge in [0.1, 0.15) is 11.3 Å². The number of aliphatic carboxylic acids is 1. The molecule has 0 heterocycles. The molecule has 0 saturated heterocycles. The summed E-state index contributed by atoms with van der Waals surface area (Å²) in [5, 5.41) is 11.4. The molecule has 2 N–H and O–H groups in total. The molecule has 0 aliphatic heterocycles. The Bertz CT molecular complexity index is 509. The van der Waals surface area contributed by atoms with E-state index in [-0.39, 0.29) is 18.9 Å². The third-order valence-corrected chi connectivity index (χ3v) is 3.13. The van der Waals surface area contributed by atoms with Gasteiger partial charge in [0.05, 0.1) is 13.0 Å². The minimum atomic E-state index is -1.27. The predicted octanol–water partition coefficient (Wildman–Crippen LogP) is 2.05. The van der Waals surface area contributed by atoms with Crippen molar-refractivity contribution in [1.29, 1.82) is 0 Å². The van der Waals surface area contributed by atoms with Crippen LogP contribution in [0.4, 0.5) is 0 Å². The van der Waals surface area contributed by atoms with Gasteiger partial charge in [-0.15, -0.1) is 0 Å². The van der Waals surface area contributed by atoms with Gasteiger partial charge in [-0.2, -0.15) is 0 Å². The zero-order valence-electron chi connectivity index (χ0n) is 12.3. The zero-order valence-corrected chi connectivity index (χ0v) is 12.3. The van der Waals surface area contributed by atoms with Gasteiger partial charge in [-0.1, -0.05) is 12.1 Å². The highest BCUT2D eigenvalue weighted by Crippen LogP contribution is 2.20. The molecule has 1 aromatic rings. The highest BCUT2D eigenvalue weighted by molar-refractivity contribution is 5.86. The van der Waals surface area contributed by atoms with E-state index < -0.39 is 11.5 Å². The van der Waals surface area contributed by atoms with Crippen molar-refractivity contribution in [3.8, 4) is 5.75 Å². The van der Waals surface area contributed by atoms with Crippen LogP contribution in [0.1, 0.15) is 31.4 Å². The van der Waals surface area contributed by atoms with Crippen LogP contribution in [0.25, 0.3) is 0 Å². The molecule has 1 aromatic carbocycles. The lowest BCUT2D eigenvalue weighted by Gasteiger charge is -2.21. The molecule has 0 radical (unpaired) electrons. The van der Waals surface area contributed by atoms with Crippen LogP contribution in [-0.2, 0) is 9.59 Å². The second kappa shape index (κ2) is 6.41. The van der Waals surface area contributed by atoms with Gasteiger partial charge in [0.2, 0.25) is 5.91 Å². The minimum Gasteiger partial charge on any atom is -0.493 e. The molecule has 0 unspecified atom stereocenters. The molecule has 1 rings (SSSR count). The summed E-state index contributed by atoms with van der Waals surface area (Å²) in [6.45, 7) is 7.05. The van der Waals surface area contributed by atoms with Crippen LogP contribution in [-0.4, -0.2) is 29.1 Å². The van der Waals surface area contributed by atoms with E-state index in [0.717, 1.165) is 16.9 Å². The van der Waals surface area contributed by atoms with Gasteiger partial charge >= 0.3 is 5.97 Å². The highest BCUT2D eigenvalue weighted by atomic mass is 16.5. The van der Waals surface area contributed by atoms with Gasteiger partial charge in [0, 0.05) is 0 Å². The number of nitrogens with one attached hydrogen (secondary N) is 1. The Hall–Kier alpha value is -2.04. The summed E-state index contributed by atoms with van der Waals surface area (Å²) < 4.78 is 5.55. The van der Waals surface area contributed by atoms with E-state index in [1.54, 1.807) is 0 Å². The number of benzene rings is 1. The Morgan fingerprint density at radius 2 is 1.95 bits per heavy atom. The molecule has 0 atom stereocenters. The SMILES string of the molecule is Cc1cccc(OCCC(=O)NC(C)(C)C(=O)O)c1C. The molecule has 5 nitrogen and oxygen atoms in total. The summed E-state index contributed by atoms with van der Waals surface area (Å²) in [6, 6.07) is 5.73. The molecule has 1 amide bonds. The number of rotatable bonds is 6. The van der Waals surface area contributed by atoms with Crippen molar-refractivity contribution >= 4 is 11.9 Å². The monoisotopic (exact) mass is 279 g/mol. The molecule has 0 spiro atoms. The number of carboxylic acid groups (broad SMARTS) is 1. The first kappa shape index (κ1) is 16.0. The van der Waals surface area contributed by atoms with Gasteiger partial charge in [0.25, 0.3) is 0 Å². The summed E-state index contributed by atoms with van der Waals surface area (Å²) in [5.74, 6) is -0.667. The van der Waals surface area contributed by atoms with Crippen molar-refractivity contribution in [2.45, 2.75) is 39.7 Å². The predicted molar refractivity (Wildman–Crippen MR) is 75.9 cm³/mol. The Morgan fingerprint density at radius 3 is 2.55 bits per heavy atom. The van der Waals surface area contributed by atoms with Gasteiger partial charge in [-0.05, 0) is 44.9 Å². The van der Waals surface area contributed by atoms with E-state index in [0.29, 0.717) is 0 Å². The first-order valence-corrected chi connectivity index (χ1v) is 6.47. The number of hydrogen-bond donors (Lipinski definition) is 2. The van der Waals surface area contributed by atoms with Gasteiger partial charge < -0.3 is 15.2 Å². The number of carbonyl (C=O) groups is 2. The maximum Gasteiger partial charge on any atom is 0.328 e. The first-order chi connectivity index (χ1) is 9.24. The van der Waals surface area contributed by atoms with E-state index in [1.165, 1.54) is 13.8 Å². The molecule has 0 saturated carbocycles. The molecule has 5 heteroatoms. The fraction of sp³-hybridized carbons (Fsp3) is 0.467. The molecular formula is C15H21NO4. The lowest BCUT2D eigenvalue weighted by atomic mass is 10.1. The Morgan fingerprint density at radius 1 is 1.30 bits per heavy atom. The van der Waals surface area contributed by atoms with Gasteiger partial charge in [-0.25, -0.2) is 4.79 Å². The van der Waals surface area contributed by atoms with Crippen LogP contribution in [0.5, 0.6) is 5.75 Å². The molecule has 0 aliphatic rings. The van der Waals surface area contributed by atoms with Crippen molar-refractivity contribution < 1.29 is 19.4 Å². The molecule has 0 fully saturated rings. The Kier molecular flexibility index (Phi) is 5.13. The summed E-state index contributed by atoms with van der Waals surface area (Å²) >= 11 is 0. The van der Waals surface area contributed by atoms with Gasteiger partial charge in [-0.3, -0.25) is 4.79 Å². The fourth-order valence-electron chi connectivity index (χ4n) is 1.60. The van der Waals surface area contributed by atoms with Crippen molar-refractivity contribution in [3.63, 3.8) is 0 Å². The van der Waals surface area contributed by atoms with E-state index in [2.05, 4.69) is 5.32 Å². The first-order valence-electron chi connectivity index (χ1n) is 6.47. The Balaban J connectivity index is 2.47. The quantitative estimate of drug-likeness (QED) is 0.835. The maximum absolute atomic E-state index is 11.7. The summed E-state index contributed by atoms with van der Waals surface area (Å²) in [6.07, 6.45) is 0.115. The third-order valence-electron chi connectivity index (χ3n) is 3.13. The van der Waals surface area contributed by atoms with Crippen LogP contribution >= 0.6 is 0 Å². The molecule has 0 aromatic heterocycles. The van der Waals surface area contributed by atoms with Crippen LogP contribution < -0.4 is 10.1 Å². The average molecular weight is 279 g/mol. The van der Waals surface area contributed by atoms with Crippen molar-refractivity contribution in [3.05, 3.63) is 29.3 Å². The maximum atomic E-state index is 11.7. The second-order valence-electron chi connectivity index (χ2n) is 5.27. The smallest absolute Gasteiger partial charge is 0.328 e.